The van der Waals surface area contributed by atoms with Gasteiger partial charge in [0.1, 0.15) is 0 Å². The molecule has 1 aliphatic carbocycles. The van der Waals surface area contributed by atoms with Crippen LogP contribution in [0.5, 0.6) is 0 Å². The molecule has 2 atom stereocenters. The third-order valence-electron chi connectivity index (χ3n) is 2.08. The predicted molar refractivity (Wildman–Crippen MR) is 38.7 cm³/mol. The fourth-order valence-electron chi connectivity index (χ4n) is 1.17. The second kappa shape index (κ2) is 2.30. The van der Waals surface area contributed by atoms with Gasteiger partial charge in [0.25, 0.3) is 0 Å². The highest BCUT2D eigenvalue weighted by atomic mass is 16.4. The van der Waals surface area contributed by atoms with Crippen LogP contribution in [0.2, 0.25) is 0 Å². The van der Waals surface area contributed by atoms with Gasteiger partial charge in [0.15, 0.2) is 0 Å². The van der Waals surface area contributed by atoms with Crippen LogP contribution in [-0.4, -0.2) is 10.2 Å². The maximum Gasteiger partial charge on any atom is 0.230 e. The van der Waals surface area contributed by atoms with Gasteiger partial charge in [-0.2, -0.15) is 0 Å². The molecule has 0 saturated heterocycles. The minimum atomic E-state index is 0.341. The van der Waals surface area contributed by atoms with Crippen molar-refractivity contribution in [3.05, 3.63) is 11.8 Å². The maximum absolute atomic E-state index is 5.32. The molecular weight excluding hydrogens is 142 g/mol. The molecule has 1 aliphatic rings. The van der Waals surface area contributed by atoms with Crippen LogP contribution in [0, 0.1) is 5.92 Å². The van der Waals surface area contributed by atoms with E-state index in [1.165, 1.54) is 6.42 Å². The zero-order valence-electron chi connectivity index (χ0n) is 6.45. The number of nitrogens with two attached hydrogens (primary N) is 1. The number of aromatic nitrogens is 2. The second-order valence-electron chi connectivity index (χ2n) is 3.06. The van der Waals surface area contributed by atoms with Crippen molar-refractivity contribution in [2.75, 3.05) is 0 Å². The van der Waals surface area contributed by atoms with E-state index in [4.69, 9.17) is 10.2 Å². The summed E-state index contributed by atoms with van der Waals surface area (Å²) in [6.07, 6.45) is 1.17. The fraction of sp³-hybridized carbons (Fsp3) is 0.714. The third-order valence-corrected chi connectivity index (χ3v) is 2.08. The maximum atomic E-state index is 5.32. The van der Waals surface area contributed by atoms with Crippen LogP contribution in [0.15, 0.2) is 4.42 Å². The third kappa shape index (κ3) is 1.14. The Morgan fingerprint density at radius 3 is 2.82 bits per heavy atom. The molecule has 1 aromatic rings. The first kappa shape index (κ1) is 6.79. The zero-order chi connectivity index (χ0) is 7.84. The molecule has 4 heteroatoms. The summed E-state index contributed by atoms with van der Waals surface area (Å²) >= 11 is 0. The number of hydrogen-bond donors (Lipinski definition) is 1. The Balaban J connectivity index is 2.13. The lowest BCUT2D eigenvalue weighted by Gasteiger charge is -1.85. The molecule has 0 radical (unpaired) electrons. The van der Waals surface area contributed by atoms with Gasteiger partial charge in [0.05, 0.1) is 6.54 Å². The quantitative estimate of drug-likeness (QED) is 0.677. The molecule has 0 aromatic carbocycles. The molecule has 2 N–H and O–H groups in total. The van der Waals surface area contributed by atoms with E-state index in [1.54, 1.807) is 0 Å². The van der Waals surface area contributed by atoms with Gasteiger partial charge in [-0.25, -0.2) is 0 Å². The van der Waals surface area contributed by atoms with Crippen molar-refractivity contribution in [1.29, 1.82) is 0 Å². The molecule has 2 unspecified atom stereocenters. The second-order valence-corrected chi connectivity index (χ2v) is 3.06. The van der Waals surface area contributed by atoms with Gasteiger partial charge in [-0.15, -0.1) is 10.2 Å². The summed E-state index contributed by atoms with van der Waals surface area (Å²) in [6, 6.07) is 0. The number of hydrogen-bond acceptors (Lipinski definition) is 4. The van der Waals surface area contributed by atoms with Crippen molar-refractivity contribution in [2.45, 2.75) is 25.8 Å². The zero-order valence-corrected chi connectivity index (χ0v) is 6.45. The summed E-state index contributed by atoms with van der Waals surface area (Å²) in [5.74, 6) is 2.51. The summed E-state index contributed by atoms with van der Waals surface area (Å²) in [4.78, 5) is 0. The molecule has 1 saturated carbocycles. The summed E-state index contributed by atoms with van der Waals surface area (Å²) in [6.45, 7) is 2.52. The Kier molecular flexibility index (Phi) is 1.42. The van der Waals surface area contributed by atoms with Crippen LogP contribution in [-0.2, 0) is 6.54 Å². The minimum absolute atomic E-state index is 0.341. The van der Waals surface area contributed by atoms with Crippen LogP contribution in [0.1, 0.15) is 31.0 Å². The molecule has 60 valence electrons. The molecule has 4 nitrogen and oxygen atoms in total. The molecule has 2 rings (SSSR count). The van der Waals surface area contributed by atoms with E-state index in [0.717, 1.165) is 5.89 Å². The average Bonchev–Trinajstić information content (AvgIpc) is 2.59. The summed E-state index contributed by atoms with van der Waals surface area (Å²) in [5, 5.41) is 7.69. The van der Waals surface area contributed by atoms with E-state index in [9.17, 15) is 0 Å². The number of nitrogens with zero attached hydrogens (tertiary/aromatic N) is 2. The predicted octanol–water partition coefficient (Wildman–Crippen LogP) is 0.652. The van der Waals surface area contributed by atoms with Crippen molar-refractivity contribution >= 4 is 0 Å². The van der Waals surface area contributed by atoms with Crippen LogP contribution in [0.3, 0.4) is 0 Å². The van der Waals surface area contributed by atoms with Crippen molar-refractivity contribution in [3.8, 4) is 0 Å². The molecular formula is C7H11N3O. The Morgan fingerprint density at radius 2 is 2.36 bits per heavy atom. The average molecular weight is 153 g/mol. The highest BCUT2D eigenvalue weighted by Gasteiger charge is 2.38. The molecule has 1 aromatic heterocycles. The summed E-state index contributed by atoms with van der Waals surface area (Å²) in [7, 11) is 0. The van der Waals surface area contributed by atoms with Gasteiger partial charge in [-0.1, -0.05) is 6.92 Å². The molecule has 11 heavy (non-hydrogen) atoms. The molecule has 1 heterocycles. The Morgan fingerprint density at radius 1 is 1.64 bits per heavy atom. The largest absolute Gasteiger partial charge is 0.424 e. The van der Waals surface area contributed by atoms with Crippen LogP contribution >= 0.6 is 0 Å². The highest BCUT2D eigenvalue weighted by molar-refractivity contribution is 5.04. The van der Waals surface area contributed by atoms with Gasteiger partial charge >= 0.3 is 0 Å². The van der Waals surface area contributed by atoms with E-state index in [-0.39, 0.29) is 0 Å². The molecule has 1 fully saturated rings. The lowest BCUT2D eigenvalue weighted by Crippen LogP contribution is -1.95. The summed E-state index contributed by atoms with van der Waals surface area (Å²) in [5.41, 5.74) is 5.32. The van der Waals surface area contributed by atoms with E-state index in [2.05, 4.69) is 17.1 Å². The topological polar surface area (TPSA) is 64.9 Å². The van der Waals surface area contributed by atoms with Gasteiger partial charge in [0.2, 0.25) is 11.8 Å². The monoisotopic (exact) mass is 153 g/mol. The van der Waals surface area contributed by atoms with Crippen LogP contribution < -0.4 is 5.73 Å². The lowest BCUT2D eigenvalue weighted by molar-refractivity contribution is 0.448. The smallest absolute Gasteiger partial charge is 0.230 e. The minimum Gasteiger partial charge on any atom is -0.424 e. The standard InChI is InChI=1S/C7H11N3O/c1-4-2-5(4)7-10-9-6(3-8)11-7/h4-5H,2-3,8H2,1H3. The first-order valence-corrected chi connectivity index (χ1v) is 3.83. The molecule has 0 spiro atoms. The Hall–Kier alpha value is -0.900. The van der Waals surface area contributed by atoms with Crippen molar-refractivity contribution in [1.82, 2.24) is 10.2 Å². The van der Waals surface area contributed by atoms with Crippen LogP contribution in [0.4, 0.5) is 0 Å². The van der Waals surface area contributed by atoms with E-state index < -0.39 is 0 Å². The SMILES string of the molecule is CC1CC1c1nnc(CN)o1. The van der Waals surface area contributed by atoms with Crippen molar-refractivity contribution in [3.63, 3.8) is 0 Å². The molecule has 0 aliphatic heterocycles. The van der Waals surface area contributed by atoms with Gasteiger partial charge < -0.3 is 10.2 Å². The van der Waals surface area contributed by atoms with Gasteiger partial charge in [0, 0.05) is 5.92 Å². The first-order valence-electron chi connectivity index (χ1n) is 3.83. The normalized spacial score (nSPS) is 28.9. The van der Waals surface area contributed by atoms with E-state index >= 15 is 0 Å². The first-order chi connectivity index (χ1) is 5.31. The highest BCUT2D eigenvalue weighted by Crippen LogP contribution is 2.45. The van der Waals surface area contributed by atoms with Gasteiger partial charge in [-0.3, -0.25) is 0 Å². The van der Waals surface area contributed by atoms with Crippen molar-refractivity contribution < 1.29 is 4.42 Å². The molecule has 0 amide bonds. The Labute approximate surface area is 64.8 Å². The van der Waals surface area contributed by atoms with E-state index in [0.29, 0.717) is 24.3 Å². The van der Waals surface area contributed by atoms with Crippen LogP contribution in [0.25, 0.3) is 0 Å². The Bertz CT molecular complexity index is 258. The van der Waals surface area contributed by atoms with Crippen molar-refractivity contribution in [2.24, 2.45) is 11.7 Å². The fourth-order valence-corrected chi connectivity index (χ4v) is 1.17. The summed E-state index contributed by atoms with van der Waals surface area (Å²) < 4.78 is 5.28. The number of rotatable bonds is 2. The van der Waals surface area contributed by atoms with Gasteiger partial charge in [-0.05, 0) is 12.3 Å². The molecule has 0 bridgehead atoms. The lowest BCUT2D eigenvalue weighted by atomic mass is 10.3. The van der Waals surface area contributed by atoms with E-state index in [1.807, 2.05) is 0 Å².